The number of hydrogen-bond acceptors (Lipinski definition) is 4. The van der Waals surface area contributed by atoms with Crippen LogP contribution < -0.4 is 5.32 Å². The Balaban J connectivity index is 2.22. The van der Waals surface area contributed by atoms with Crippen LogP contribution in [0.25, 0.3) is 0 Å². The summed E-state index contributed by atoms with van der Waals surface area (Å²) in [6.07, 6.45) is 0. The highest BCUT2D eigenvalue weighted by Gasteiger charge is 2.22. The second-order valence-electron chi connectivity index (χ2n) is 3.97. The normalized spacial score (nSPS) is 13.4. The quantitative estimate of drug-likeness (QED) is 0.916. The van der Waals surface area contributed by atoms with Gasteiger partial charge in [-0.1, -0.05) is 36.4 Å². The van der Waals surface area contributed by atoms with Gasteiger partial charge in [-0.2, -0.15) is 0 Å². The lowest BCUT2D eigenvalue weighted by molar-refractivity contribution is 0.576. The van der Waals surface area contributed by atoms with E-state index >= 15 is 0 Å². The summed E-state index contributed by atoms with van der Waals surface area (Å²) in [5.41, 5.74) is 0.986. The molecule has 1 atom stereocenters. The van der Waals surface area contributed by atoms with Crippen molar-refractivity contribution in [2.24, 2.45) is 0 Å². The van der Waals surface area contributed by atoms with Gasteiger partial charge in [0.1, 0.15) is 4.21 Å². The van der Waals surface area contributed by atoms with Crippen LogP contribution in [0, 0.1) is 0 Å². The van der Waals surface area contributed by atoms with E-state index in [-0.39, 0.29) is 11.8 Å². The van der Waals surface area contributed by atoms with Gasteiger partial charge in [-0.15, -0.1) is 11.3 Å². The van der Waals surface area contributed by atoms with Gasteiger partial charge in [-0.25, -0.2) is 8.42 Å². The molecule has 2 rings (SSSR count). The van der Waals surface area contributed by atoms with Crippen LogP contribution in [0.5, 0.6) is 0 Å². The molecule has 0 fully saturated rings. The van der Waals surface area contributed by atoms with Gasteiger partial charge >= 0.3 is 0 Å². The lowest BCUT2D eigenvalue weighted by Crippen LogP contribution is -2.24. The van der Waals surface area contributed by atoms with E-state index in [1.807, 2.05) is 30.3 Å². The third-order valence-corrected chi connectivity index (χ3v) is 5.97. The summed E-state index contributed by atoms with van der Waals surface area (Å²) in [4.78, 5) is 0. The average Bonchev–Trinajstić information content (AvgIpc) is 2.92. The number of thiophene rings is 1. The zero-order chi connectivity index (χ0) is 13.0. The molecular weight excluding hydrogens is 266 g/mol. The molecule has 96 valence electrons. The van der Waals surface area contributed by atoms with Gasteiger partial charge in [0, 0.05) is 6.04 Å². The number of rotatable bonds is 5. The minimum absolute atomic E-state index is 0.0774. The van der Waals surface area contributed by atoms with Gasteiger partial charge in [0.05, 0.1) is 5.75 Å². The molecule has 0 spiro atoms. The molecule has 2 aromatic rings. The smallest absolute Gasteiger partial charge is 0.189 e. The SMILES string of the molecule is CNC(CS(=O)(=O)c1cccs1)c1ccccc1. The second kappa shape index (κ2) is 5.65. The summed E-state index contributed by atoms with van der Waals surface area (Å²) >= 11 is 1.26. The molecule has 1 aromatic heterocycles. The topological polar surface area (TPSA) is 46.2 Å². The molecule has 0 saturated carbocycles. The maximum absolute atomic E-state index is 12.2. The molecule has 1 heterocycles. The molecule has 0 saturated heterocycles. The highest BCUT2D eigenvalue weighted by Crippen LogP contribution is 2.22. The fraction of sp³-hybridized carbons (Fsp3) is 0.231. The highest BCUT2D eigenvalue weighted by atomic mass is 32.2. The van der Waals surface area contributed by atoms with Crippen LogP contribution >= 0.6 is 11.3 Å². The van der Waals surface area contributed by atoms with Crippen LogP contribution in [0.3, 0.4) is 0 Å². The van der Waals surface area contributed by atoms with Gasteiger partial charge < -0.3 is 5.32 Å². The molecule has 1 unspecified atom stereocenters. The second-order valence-corrected chi connectivity index (χ2v) is 7.17. The molecular formula is C13H15NO2S2. The number of benzene rings is 1. The van der Waals surface area contributed by atoms with Gasteiger partial charge in [0.25, 0.3) is 0 Å². The first kappa shape index (κ1) is 13.3. The number of sulfone groups is 1. The summed E-state index contributed by atoms with van der Waals surface area (Å²) in [5.74, 6) is 0.0774. The van der Waals surface area contributed by atoms with Crippen molar-refractivity contribution in [2.75, 3.05) is 12.8 Å². The highest BCUT2D eigenvalue weighted by molar-refractivity contribution is 7.93. The predicted octanol–water partition coefficient (Wildman–Crippen LogP) is 2.48. The van der Waals surface area contributed by atoms with Crippen molar-refractivity contribution in [1.29, 1.82) is 0 Å². The first-order valence-electron chi connectivity index (χ1n) is 5.62. The Kier molecular flexibility index (Phi) is 4.16. The van der Waals surface area contributed by atoms with Gasteiger partial charge in [0.15, 0.2) is 9.84 Å². The standard InChI is InChI=1S/C13H15NO2S2/c1-14-12(11-6-3-2-4-7-11)10-18(15,16)13-8-5-9-17-13/h2-9,12,14H,10H2,1H3. The molecule has 0 amide bonds. The predicted molar refractivity (Wildman–Crippen MR) is 74.6 cm³/mol. The first-order valence-corrected chi connectivity index (χ1v) is 8.15. The summed E-state index contributed by atoms with van der Waals surface area (Å²) in [6.45, 7) is 0. The molecule has 18 heavy (non-hydrogen) atoms. The largest absolute Gasteiger partial charge is 0.312 e. The van der Waals surface area contributed by atoms with E-state index in [2.05, 4.69) is 5.32 Å². The molecule has 0 bridgehead atoms. The van der Waals surface area contributed by atoms with Crippen LogP contribution in [-0.4, -0.2) is 21.2 Å². The molecule has 0 aliphatic heterocycles. The van der Waals surface area contributed by atoms with Crippen LogP contribution in [0.4, 0.5) is 0 Å². The van der Waals surface area contributed by atoms with E-state index in [0.717, 1.165) is 5.56 Å². The molecule has 1 N–H and O–H groups in total. The Morgan fingerprint density at radius 2 is 1.89 bits per heavy atom. The Bertz CT molecular complexity index is 577. The fourth-order valence-corrected chi connectivity index (χ4v) is 4.43. The Hall–Kier alpha value is -1.17. The van der Waals surface area contributed by atoms with E-state index in [1.165, 1.54) is 11.3 Å². The van der Waals surface area contributed by atoms with Crippen molar-refractivity contribution in [3.63, 3.8) is 0 Å². The van der Waals surface area contributed by atoms with Crippen molar-refractivity contribution in [2.45, 2.75) is 10.3 Å². The van der Waals surface area contributed by atoms with Gasteiger partial charge in [-0.3, -0.25) is 0 Å². The minimum Gasteiger partial charge on any atom is -0.312 e. The zero-order valence-corrected chi connectivity index (χ0v) is 11.7. The monoisotopic (exact) mass is 281 g/mol. The van der Waals surface area contributed by atoms with E-state index in [4.69, 9.17) is 0 Å². The van der Waals surface area contributed by atoms with Crippen molar-refractivity contribution < 1.29 is 8.42 Å². The van der Waals surface area contributed by atoms with E-state index < -0.39 is 9.84 Å². The fourth-order valence-electron chi connectivity index (χ4n) is 1.77. The number of hydrogen-bond donors (Lipinski definition) is 1. The molecule has 0 aliphatic rings. The maximum atomic E-state index is 12.2. The Labute approximate surface area is 111 Å². The van der Waals surface area contributed by atoms with E-state index in [9.17, 15) is 8.42 Å². The van der Waals surface area contributed by atoms with Crippen LogP contribution in [0.1, 0.15) is 11.6 Å². The van der Waals surface area contributed by atoms with Crippen molar-refractivity contribution >= 4 is 21.2 Å². The van der Waals surface area contributed by atoms with Crippen LogP contribution in [0.15, 0.2) is 52.1 Å². The summed E-state index contributed by atoms with van der Waals surface area (Å²) < 4.78 is 24.8. The van der Waals surface area contributed by atoms with Crippen LogP contribution in [0.2, 0.25) is 0 Å². The van der Waals surface area contributed by atoms with Crippen molar-refractivity contribution in [3.8, 4) is 0 Å². The van der Waals surface area contributed by atoms with Gasteiger partial charge in [0.2, 0.25) is 0 Å². The van der Waals surface area contributed by atoms with Crippen molar-refractivity contribution in [1.82, 2.24) is 5.32 Å². The van der Waals surface area contributed by atoms with E-state index in [0.29, 0.717) is 4.21 Å². The van der Waals surface area contributed by atoms with Crippen LogP contribution in [-0.2, 0) is 9.84 Å². The lowest BCUT2D eigenvalue weighted by atomic mass is 10.1. The molecule has 1 aromatic carbocycles. The maximum Gasteiger partial charge on any atom is 0.189 e. The molecule has 3 nitrogen and oxygen atoms in total. The molecule has 5 heteroatoms. The third kappa shape index (κ3) is 2.98. The lowest BCUT2D eigenvalue weighted by Gasteiger charge is -2.16. The Morgan fingerprint density at radius 1 is 1.17 bits per heavy atom. The van der Waals surface area contributed by atoms with Crippen molar-refractivity contribution in [3.05, 3.63) is 53.4 Å². The first-order chi connectivity index (χ1) is 8.63. The Morgan fingerprint density at radius 3 is 2.44 bits per heavy atom. The van der Waals surface area contributed by atoms with E-state index in [1.54, 1.807) is 24.6 Å². The summed E-state index contributed by atoms with van der Waals surface area (Å²) in [6, 6.07) is 12.8. The van der Waals surface area contributed by atoms with Gasteiger partial charge in [-0.05, 0) is 24.1 Å². The molecule has 0 aliphatic carbocycles. The summed E-state index contributed by atoms with van der Waals surface area (Å²) in [7, 11) is -1.44. The average molecular weight is 281 g/mol. The summed E-state index contributed by atoms with van der Waals surface area (Å²) in [5, 5.41) is 4.84. The minimum atomic E-state index is -3.22. The third-order valence-electron chi connectivity index (χ3n) is 2.74. The number of nitrogens with one attached hydrogen (secondary N) is 1. The molecule has 0 radical (unpaired) electrons. The zero-order valence-electron chi connectivity index (χ0n) is 10.0.